The third kappa shape index (κ3) is 6.52. The Morgan fingerprint density at radius 2 is 1.94 bits per heavy atom. The van der Waals surface area contributed by atoms with Crippen LogP contribution in [0.3, 0.4) is 0 Å². The molecule has 1 heterocycles. The van der Waals surface area contributed by atoms with E-state index in [2.05, 4.69) is 10.4 Å². The Morgan fingerprint density at radius 1 is 1.21 bits per heavy atom. The largest absolute Gasteiger partial charge is 0.452 e. The van der Waals surface area contributed by atoms with Crippen molar-refractivity contribution in [1.82, 2.24) is 15.1 Å². The lowest BCUT2D eigenvalue weighted by Crippen LogP contribution is -2.28. The molecule has 0 saturated heterocycles. The zero-order valence-corrected chi connectivity index (χ0v) is 19.4. The van der Waals surface area contributed by atoms with Crippen molar-refractivity contribution in [3.63, 3.8) is 0 Å². The molecule has 0 atom stereocenters. The van der Waals surface area contributed by atoms with E-state index in [0.717, 1.165) is 28.6 Å². The molecule has 0 aliphatic carbocycles. The van der Waals surface area contributed by atoms with Crippen LogP contribution >= 0.6 is 11.6 Å². The average molecular weight is 483 g/mol. The highest BCUT2D eigenvalue weighted by Gasteiger charge is 2.14. The van der Waals surface area contributed by atoms with Crippen LogP contribution < -0.4 is 5.32 Å². The van der Waals surface area contributed by atoms with Gasteiger partial charge in [0.2, 0.25) is 0 Å². The number of hydrogen-bond acceptors (Lipinski definition) is 6. The Morgan fingerprint density at radius 3 is 2.65 bits per heavy atom. The van der Waals surface area contributed by atoms with Gasteiger partial charge in [-0.05, 0) is 37.1 Å². The number of nitro benzene ring substituents is 1. The summed E-state index contributed by atoms with van der Waals surface area (Å²) in [5.74, 6) is -1.21. The first kappa shape index (κ1) is 24.7. The summed E-state index contributed by atoms with van der Waals surface area (Å²) in [6, 6.07) is 14.1. The molecule has 0 unspecified atom stereocenters. The molecule has 1 amide bonds. The number of esters is 1. The fraction of sp³-hybridized carbons (Fsp3) is 0.208. The summed E-state index contributed by atoms with van der Waals surface area (Å²) in [5.41, 5.74) is 3.91. The molecular formula is C24H23ClN4O5. The van der Waals surface area contributed by atoms with E-state index in [1.807, 2.05) is 48.9 Å². The number of halogens is 1. The first-order chi connectivity index (χ1) is 16.2. The van der Waals surface area contributed by atoms with Crippen LogP contribution in [0.15, 0.2) is 54.6 Å². The van der Waals surface area contributed by atoms with Gasteiger partial charge in [0.1, 0.15) is 5.02 Å². The molecule has 1 aromatic heterocycles. The fourth-order valence-electron chi connectivity index (χ4n) is 3.26. The van der Waals surface area contributed by atoms with Crippen molar-refractivity contribution >= 4 is 35.2 Å². The van der Waals surface area contributed by atoms with E-state index in [4.69, 9.17) is 16.3 Å². The minimum Gasteiger partial charge on any atom is -0.452 e. The number of benzene rings is 2. The average Bonchev–Trinajstić information content (AvgIpc) is 3.08. The Bertz CT molecular complexity index is 1240. The predicted molar refractivity (Wildman–Crippen MR) is 127 cm³/mol. The highest BCUT2D eigenvalue weighted by atomic mass is 35.5. The van der Waals surface area contributed by atoms with Crippen molar-refractivity contribution in [2.24, 2.45) is 0 Å². The van der Waals surface area contributed by atoms with Crippen LogP contribution in [0.2, 0.25) is 5.02 Å². The van der Waals surface area contributed by atoms with Crippen molar-refractivity contribution in [2.75, 3.05) is 6.61 Å². The molecule has 0 radical (unpaired) electrons. The SMILES string of the molecule is Cc1nn(Cc2ccccc2)c(C)c1CNC(=O)COC(=O)/C=C/c1ccc(Cl)c([N+](=O)[O-])c1. The molecule has 3 rings (SSSR count). The Hall–Kier alpha value is -3.98. The summed E-state index contributed by atoms with van der Waals surface area (Å²) < 4.78 is 6.83. The number of amides is 1. The molecule has 10 heteroatoms. The van der Waals surface area contributed by atoms with Crippen molar-refractivity contribution in [3.05, 3.63) is 97.8 Å². The maximum atomic E-state index is 12.1. The Labute approximate surface area is 201 Å². The van der Waals surface area contributed by atoms with Gasteiger partial charge in [0.15, 0.2) is 6.61 Å². The van der Waals surface area contributed by atoms with Crippen LogP contribution in [0.4, 0.5) is 5.69 Å². The fourth-order valence-corrected chi connectivity index (χ4v) is 3.45. The number of carbonyl (C=O) groups is 2. The van der Waals surface area contributed by atoms with Gasteiger partial charge in [-0.2, -0.15) is 5.10 Å². The summed E-state index contributed by atoms with van der Waals surface area (Å²) in [6.07, 6.45) is 2.43. The normalized spacial score (nSPS) is 10.9. The second kappa shape index (κ2) is 11.2. The highest BCUT2D eigenvalue weighted by Crippen LogP contribution is 2.25. The van der Waals surface area contributed by atoms with Gasteiger partial charge < -0.3 is 10.1 Å². The number of nitrogens with zero attached hydrogens (tertiary/aromatic N) is 3. The minimum absolute atomic E-state index is 0.00233. The van der Waals surface area contributed by atoms with Crippen molar-refractivity contribution in [1.29, 1.82) is 0 Å². The van der Waals surface area contributed by atoms with Crippen molar-refractivity contribution < 1.29 is 19.2 Å². The van der Waals surface area contributed by atoms with E-state index in [1.165, 1.54) is 24.3 Å². The molecule has 0 bridgehead atoms. The van der Waals surface area contributed by atoms with E-state index in [0.29, 0.717) is 12.1 Å². The van der Waals surface area contributed by atoms with Gasteiger partial charge in [-0.1, -0.05) is 48.0 Å². The molecule has 9 nitrogen and oxygen atoms in total. The number of ether oxygens (including phenoxy) is 1. The van der Waals surface area contributed by atoms with Crippen molar-refractivity contribution in [3.8, 4) is 0 Å². The number of nitro groups is 1. The van der Waals surface area contributed by atoms with E-state index in [9.17, 15) is 19.7 Å². The van der Waals surface area contributed by atoms with Crippen LogP contribution in [0, 0.1) is 24.0 Å². The molecule has 1 N–H and O–H groups in total. The van der Waals surface area contributed by atoms with E-state index in [1.54, 1.807) is 0 Å². The topological polar surface area (TPSA) is 116 Å². The van der Waals surface area contributed by atoms with Crippen LogP contribution in [-0.2, 0) is 27.4 Å². The van der Waals surface area contributed by atoms with Gasteiger partial charge in [0, 0.05) is 29.9 Å². The quantitative estimate of drug-likeness (QED) is 0.213. The monoisotopic (exact) mass is 482 g/mol. The van der Waals surface area contributed by atoms with Gasteiger partial charge in [-0.15, -0.1) is 0 Å². The maximum Gasteiger partial charge on any atom is 0.331 e. The van der Waals surface area contributed by atoms with E-state index < -0.39 is 23.4 Å². The molecular weight excluding hydrogens is 460 g/mol. The van der Waals surface area contributed by atoms with Crippen LogP contribution in [-0.4, -0.2) is 33.2 Å². The second-order valence-corrected chi connectivity index (χ2v) is 7.89. The number of carbonyl (C=O) groups excluding carboxylic acids is 2. The smallest absolute Gasteiger partial charge is 0.331 e. The summed E-state index contributed by atoms with van der Waals surface area (Å²) in [6.45, 7) is 4.24. The molecule has 176 valence electrons. The molecule has 0 aliphatic rings. The zero-order chi connectivity index (χ0) is 24.7. The van der Waals surface area contributed by atoms with Crippen LogP contribution in [0.5, 0.6) is 0 Å². The highest BCUT2D eigenvalue weighted by molar-refractivity contribution is 6.32. The molecule has 2 aromatic carbocycles. The second-order valence-electron chi connectivity index (χ2n) is 7.48. The first-order valence-corrected chi connectivity index (χ1v) is 10.7. The van der Waals surface area contributed by atoms with Crippen LogP contribution in [0.25, 0.3) is 6.08 Å². The van der Waals surface area contributed by atoms with Gasteiger partial charge in [-0.3, -0.25) is 19.6 Å². The van der Waals surface area contributed by atoms with Gasteiger partial charge in [0.25, 0.3) is 11.6 Å². The molecule has 0 aliphatic heterocycles. The standard InChI is InChI=1S/C24H23ClN4O5/c1-16-20(17(2)28(27-16)14-19-6-4-3-5-7-19)13-26-23(30)15-34-24(31)11-9-18-8-10-21(25)22(12-18)29(32)33/h3-12H,13-15H2,1-2H3,(H,26,30)/b11-9+. The summed E-state index contributed by atoms with van der Waals surface area (Å²) in [7, 11) is 0. The van der Waals surface area contributed by atoms with Gasteiger partial charge in [-0.25, -0.2) is 4.79 Å². The molecule has 0 saturated carbocycles. The lowest BCUT2D eigenvalue weighted by molar-refractivity contribution is -0.384. The first-order valence-electron chi connectivity index (χ1n) is 10.4. The summed E-state index contributed by atoms with van der Waals surface area (Å²) in [4.78, 5) is 34.4. The third-order valence-corrected chi connectivity index (χ3v) is 5.41. The molecule has 0 spiro atoms. The molecule has 34 heavy (non-hydrogen) atoms. The predicted octanol–water partition coefficient (Wildman–Crippen LogP) is 3.98. The lowest BCUT2D eigenvalue weighted by Gasteiger charge is -2.07. The third-order valence-electron chi connectivity index (χ3n) is 5.09. The van der Waals surface area contributed by atoms with Crippen molar-refractivity contribution in [2.45, 2.75) is 26.9 Å². The molecule has 3 aromatic rings. The van der Waals surface area contributed by atoms with Gasteiger partial charge >= 0.3 is 5.97 Å². The maximum absolute atomic E-state index is 12.1. The lowest BCUT2D eigenvalue weighted by atomic mass is 10.2. The van der Waals surface area contributed by atoms with E-state index >= 15 is 0 Å². The van der Waals surface area contributed by atoms with Gasteiger partial charge in [0.05, 0.1) is 17.2 Å². The number of nitrogens with one attached hydrogen (secondary N) is 1. The Kier molecular flexibility index (Phi) is 8.15. The number of rotatable bonds is 9. The summed E-state index contributed by atoms with van der Waals surface area (Å²) >= 11 is 5.76. The zero-order valence-electron chi connectivity index (χ0n) is 18.7. The summed E-state index contributed by atoms with van der Waals surface area (Å²) in [5, 5.41) is 18.2. The molecule has 0 fully saturated rings. The number of aryl methyl sites for hydroxylation is 1. The van der Waals surface area contributed by atoms with Crippen LogP contribution in [0.1, 0.15) is 28.1 Å². The number of aromatic nitrogens is 2. The van der Waals surface area contributed by atoms with E-state index in [-0.39, 0.29) is 17.3 Å². The Balaban J connectivity index is 1.50. The minimum atomic E-state index is -0.754. The number of hydrogen-bond donors (Lipinski definition) is 1.